The molecule has 1 amide bonds. The van der Waals surface area contributed by atoms with Gasteiger partial charge in [0.05, 0.1) is 24.1 Å². The maximum absolute atomic E-state index is 12.0. The predicted octanol–water partition coefficient (Wildman–Crippen LogP) is 4.91. The quantitative estimate of drug-likeness (QED) is 0.612. The lowest BCUT2D eigenvalue weighted by Crippen LogP contribution is -2.39. The highest BCUT2D eigenvalue weighted by Crippen LogP contribution is 2.25. The van der Waals surface area contributed by atoms with Gasteiger partial charge in [-0.1, -0.05) is 30.3 Å². The second kappa shape index (κ2) is 10.5. The normalized spacial score (nSPS) is 11.0. The van der Waals surface area contributed by atoms with Crippen molar-refractivity contribution in [2.24, 2.45) is 0 Å². The monoisotopic (exact) mass is 396 g/mol. The van der Waals surface area contributed by atoms with Gasteiger partial charge in [-0.05, 0) is 70.4 Å². The van der Waals surface area contributed by atoms with E-state index in [2.05, 4.69) is 59.0 Å². The zero-order valence-electron chi connectivity index (χ0n) is 18.1. The maximum atomic E-state index is 12.0. The summed E-state index contributed by atoms with van der Waals surface area (Å²) in [6.45, 7) is 14.7. The van der Waals surface area contributed by atoms with Crippen LogP contribution >= 0.6 is 0 Å². The fourth-order valence-electron chi connectivity index (χ4n) is 3.85. The minimum Gasteiger partial charge on any atom is -0.493 e. The summed E-state index contributed by atoms with van der Waals surface area (Å²) in [6.07, 6.45) is 0.361. The summed E-state index contributed by atoms with van der Waals surface area (Å²) in [6, 6.07) is 14.2. The fourth-order valence-corrected chi connectivity index (χ4v) is 7.40. The molecule has 2 aromatic carbocycles. The summed E-state index contributed by atoms with van der Waals surface area (Å²) >= 11 is 0. The second-order valence-electron chi connectivity index (χ2n) is 8.06. The number of carbonyl (C=O) groups is 1. The third kappa shape index (κ3) is 6.23. The molecule has 0 aromatic heterocycles. The number of hydrogen-bond acceptors (Lipinski definition) is 2. The summed E-state index contributed by atoms with van der Waals surface area (Å²) in [5.74, 6) is 0.877. The average Bonchev–Trinajstić information content (AvgIpc) is 2.63. The molecule has 0 bridgehead atoms. The van der Waals surface area contributed by atoms with Crippen LogP contribution in [0.15, 0.2) is 42.5 Å². The van der Waals surface area contributed by atoms with Crippen LogP contribution in [-0.2, 0) is 11.3 Å². The summed E-state index contributed by atoms with van der Waals surface area (Å²) in [4.78, 5) is 12.0. The standard InChI is InChI=1S/C24H33NO2Si/c1-17(2)28(18(3)4)24-19(5)14-22(15-20(24)6)27-13-12-23(26)25-16-21-10-8-7-9-11-21/h7-11,14-15,17-18H,12-13,16H2,1-6H3/p+1. The molecule has 0 unspecified atom stereocenters. The van der Waals surface area contributed by atoms with Gasteiger partial charge in [0.1, 0.15) is 10.9 Å². The predicted molar refractivity (Wildman–Crippen MR) is 120 cm³/mol. The van der Waals surface area contributed by atoms with Crippen LogP contribution < -0.4 is 15.2 Å². The smallest absolute Gasteiger partial charge is 0.358 e. The van der Waals surface area contributed by atoms with E-state index >= 15 is 0 Å². The van der Waals surface area contributed by atoms with Gasteiger partial charge in [0.15, 0.2) is 0 Å². The van der Waals surface area contributed by atoms with Gasteiger partial charge in [0, 0.05) is 6.54 Å². The molecule has 0 radical (unpaired) electrons. The van der Waals surface area contributed by atoms with Crippen LogP contribution in [0, 0.1) is 13.8 Å². The van der Waals surface area contributed by atoms with Crippen molar-refractivity contribution < 1.29 is 9.53 Å². The topological polar surface area (TPSA) is 38.3 Å². The Morgan fingerprint density at radius 1 is 1.00 bits per heavy atom. The summed E-state index contributed by atoms with van der Waals surface area (Å²) in [7, 11) is -0.619. The number of ether oxygens (including phenoxy) is 1. The van der Waals surface area contributed by atoms with Crippen LogP contribution in [0.25, 0.3) is 0 Å². The van der Waals surface area contributed by atoms with Gasteiger partial charge in [-0.2, -0.15) is 0 Å². The van der Waals surface area contributed by atoms with E-state index in [0.717, 1.165) is 11.3 Å². The van der Waals surface area contributed by atoms with Crippen LogP contribution in [0.3, 0.4) is 0 Å². The zero-order valence-corrected chi connectivity index (χ0v) is 19.1. The zero-order chi connectivity index (χ0) is 20.7. The molecule has 3 nitrogen and oxygen atoms in total. The Morgan fingerprint density at radius 2 is 1.57 bits per heavy atom. The number of hydrogen-bond donors (Lipinski definition) is 1. The maximum Gasteiger partial charge on any atom is 0.358 e. The first-order chi connectivity index (χ1) is 13.3. The van der Waals surface area contributed by atoms with Crippen molar-refractivity contribution in [2.45, 2.75) is 65.6 Å². The Bertz CT molecular complexity index is 740. The number of aryl methyl sites for hydroxylation is 2. The van der Waals surface area contributed by atoms with E-state index in [1.807, 2.05) is 30.3 Å². The van der Waals surface area contributed by atoms with Gasteiger partial charge in [0.25, 0.3) is 0 Å². The van der Waals surface area contributed by atoms with Crippen molar-refractivity contribution in [1.29, 1.82) is 0 Å². The molecule has 2 rings (SSSR count). The number of benzene rings is 2. The largest absolute Gasteiger partial charge is 0.493 e. The van der Waals surface area contributed by atoms with Crippen LogP contribution in [0.4, 0.5) is 0 Å². The van der Waals surface area contributed by atoms with E-state index in [1.54, 1.807) is 5.19 Å². The first-order valence-electron chi connectivity index (χ1n) is 10.2. The molecule has 0 aliphatic heterocycles. The highest BCUT2D eigenvalue weighted by atomic mass is 28.3. The molecule has 0 spiro atoms. The van der Waals surface area contributed by atoms with E-state index in [-0.39, 0.29) is 5.91 Å². The van der Waals surface area contributed by atoms with E-state index in [4.69, 9.17) is 4.74 Å². The first kappa shape index (κ1) is 22.2. The van der Waals surface area contributed by atoms with Crippen LogP contribution in [-0.4, -0.2) is 21.3 Å². The van der Waals surface area contributed by atoms with E-state index in [1.165, 1.54) is 11.1 Å². The van der Waals surface area contributed by atoms with Crippen molar-refractivity contribution in [1.82, 2.24) is 5.32 Å². The first-order valence-corrected chi connectivity index (χ1v) is 11.9. The highest BCUT2D eigenvalue weighted by molar-refractivity contribution is 6.76. The van der Waals surface area contributed by atoms with Gasteiger partial charge >= 0.3 is 8.80 Å². The number of carbonyl (C=O) groups excluding carboxylic acids is 1. The molecular weight excluding hydrogens is 362 g/mol. The van der Waals surface area contributed by atoms with Crippen molar-refractivity contribution in [3.8, 4) is 5.75 Å². The molecule has 2 aromatic rings. The number of rotatable bonds is 9. The van der Waals surface area contributed by atoms with Crippen LogP contribution in [0.1, 0.15) is 50.8 Å². The molecule has 0 aliphatic carbocycles. The summed E-state index contributed by atoms with van der Waals surface area (Å²) in [5.41, 5.74) is 5.14. The molecule has 4 heteroatoms. The fraction of sp³-hybridized carbons (Fsp3) is 0.458. The van der Waals surface area contributed by atoms with Gasteiger partial charge < -0.3 is 10.1 Å². The molecule has 0 fully saturated rings. The average molecular weight is 397 g/mol. The summed E-state index contributed by atoms with van der Waals surface area (Å²) < 4.78 is 5.90. The molecule has 0 saturated heterocycles. The molecular formula is C24H34NO2Si+. The van der Waals surface area contributed by atoms with Crippen LogP contribution in [0.2, 0.25) is 11.1 Å². The Balaban J connectivity index is 1.91. The van der Waals surface area contributed by atoms with Crippen molar-refractivity contribution in [3.63, 3.8) is 0 Å². The second-order valence-corrected chi connectivity index (χ2v) is 11.8. The Kier molecular flexibility index (Phi) is 8.30. The third-order valence-electron chi connectivity index (χ3n) is 4.97. The van der Waals surface area contributed by atoms with E-state index in [9.17, 15) is 4.79 Å². The Hall–Kier alpha value is -2.07. The van der Waals surface area contributed by atoms with Gasteiger partial charge in [-0.3, -0.25) is 4.79 Å². The lowest BCUT2D eigenvalue weighted by molar-refractivity contribution is -0.121. The lowest BCUT2D eigenvalue weighted by atomic mass is 10.1. The van der Waals surface area contributed by atoms with Gasteiger partial charge in [-0.15, -0.1) is 0 Å². The minimum atomic E-state index is -0.619. The van der Waals surface area contributed by atoms with E-state index in [0.29, 0.717) is 30.7 Å². The molecule has 150 valence electrons. The van der Waals surface area contributed by atoms with E-state index < -0.39 is 8.80 Å². The summed E-state index contributed by atoms with van der Waals surface area (Å²) in [5, 5.41) is 4.49. The molecule has 0 aliphatic rings. The Morgan fingerprint density at radius 3 is 2.11 bits per heavy atom. The number of amides is 1. The van der Waals surface area contributed by atoms with Crippen molar-refractivity contribution in [3.05, 3.63) is 59.2 Å². The number of nitrogens with one attached hydrogen (secondary N) is 1. The molecule has 0 saturated carbocycles. The lowest BCUT2D eigenvalue weighted by Gasteiger charge is -2.16. The Labute approximate surface area is 172 Å². The molecule has 1 N–H and O–H groups in total. The third-order valence-corrected chi connectivity index (χ3v) is 8.82. The van der Waals surface area contributed by atoms with Crippen molar-refractivity contribution in [2.75, 3.05) is 6.61 Å². The molecule has 0 heterocycles. The van der Waals surface area contributed by atoms with Gasteiger partial charge in [0.2, 0.25) is 5.91 Å². The van der Waals surface area contributed by atoms with Gasteiger partial charge in [-0.25, -0.2) is 0 Å². The van der Waals surface area contributed by atoms with Crippen molar-refractivity contribution >= 4 is 19.9 Å². The SMILES string of the molecule is Cc1cc(OCCC(=O)NCc2ccccc2)cc(C)c1[Si+](C(C)C)C(C)C. The van der Waals surface area contributed by atoms with Crippen LogP contribution in [0.5, 0.6) is 5.75 Å². The highest BCUT2D eigenvalue weighted by Gasteiger charge is 2.40. The minimum absolute atomic E-state index is 0.0130. The molecule has 28 heavy (non-hydrogen) atoms. The molecule has 0 atom stereocenters.